The van der Waals surface area contributed by atoms with Gasteiger partial charge < -0.3 is 9.84 Å². The molecule has 7 atom stereocenters. The van der Waals surface area contributed by atoms with Gasteiger partial charge in [-0.25, -0.2) is 4.79 Å². The van der Waals surface area contributed by atoms with Crippen LogP contribution in [0.25, 0.3) is 0 Å². The number of allylic oxidation sites excluding steroid dienone is 1. The molecule has 4 saturated carbocycles. The fourth-order valence-electron chi connectivity index (χ4n) is 7.52. The fourth-order valence-corrected chi connectivity index (χ4v) is 7.52. The van der Waals surface area contributed by atoms with Gasteiger partial charge in [0.1, 0.15) is 0 Å². The number of hydrogen-bond donors (Lipinski definition) is 1. The number of fused-ring (bicyclic) bond motifs is 5. The van der Waals surface area contributed by atoms with E-state index in [-0.39, 0.29) is 17.5 Å². The maximum absolute atomic E-state index is 11.8. The van der Waals surface area contributed by atoms with E-state index in [9.17, 15) is 9.90 Å². The lowest BCUT2D eigenvalue weighted by molar-refractivity contribution is -0.135. The van der Waals surface area contributed by atoms with E-state index in [2.05, 4.69) is 13.8 Å². The second kappa shape index (κ2) is 6.11. The molecule has 3 nitrogen and oxygen atoms in total. The van der Waals surface area contributed by atoms with Crippen LogP contribution in [0.3, 0.4) is 0 Å². The summed E-state index contributed by atoms with van der Waals surface area (Å²) in [4.78, 5) is 11.8. The minimum atomic E-state index is -0.184. The molecule has 0 aliphatic heterocycles. The predicted molar refractivity (Wildman–Crippen MR) is 97.8 cm³/mol. The molecule has 0 aromatic heterocycles. The number of carbonyl (C=O) groups is 1. The van der Waals surface area contributed by atoms with Gasteiger partial charge in [-0.2, -0.15) is 0 Å². The van der Waals surface area contributed by atoms with Crippen LogP contribution in [0.5, 0.6) is 0 Å². The van der Waals surface area contributed by atoms with E-state index >= 15 is 0 Å². The van der Waals surface area contributed by atoms with Crippen LogP contribution in [-0.2, 0) is 9.53 Å². The van der Waals surface area contributed by atoms with E-state index < -0.39 is 0 Å². The summed E-state index contributed by atoms with van der Waals surface area (Å²) in [6.07, 6.45) is 12.4. The lowest BCUT2D eigenvalue weighted by Gasteiger charge is -2.60. The lowest BCUT2D eigenvalue weighted by atomic mass is 9.45. The highest BCUT2D eigenvalue weighted by atomic mass is 16.5. The van der Waals surface area contributed by atoms with Crippen molar-refractivity contribution in [3.05, 3.63) is 11.6 Å². The molecule has 1 N–H and O–H groups in total. The molecule has 3 heteroatoms. The molecule has 140 valence electrons. The van der Waals surface area contributed by atoms with Crippen molar-refractivity contribution in [3.63, 3.8) is 0 Å². The summed E-state index contributed by atoms with van der Waals surface area (Å²) in [6, 6.07) is 0. The summed E-state index contributed by atoms with van der Waals surface area (Å²) in [7, 11) is 1.48. The average Bonchev–Trinajstić information content (AvgIpc) is 2.92. The zero-order valence-electron chi connectivity index (χ0n) is 16.1. The van der Waals surface area contributed by atoms with Crippen LogP contribution in [0.1, 0.15) is 71.6 Å². The molecule has 0 radical (unpaired) electrons. The number of ether oxygens (including phenoxy) is 1. The molecule has 0 bridgehead atoms. The topological polar surface area (TPSA) is 46.5 Å². The number of aliphatic hydroxyl groups excluding tert-OH is 1. The summed E-state index contributed by atoms with van der Waals surface area (Å²) in [5.74, 6) is 2.88. The molecule has 0 aromatic rings. The fraction of sp³-hybridized carbons (Fsp3) is 0.864. The Bertz CT molecular complexity index is 582. The smallest absolute Gasteiger partial charge is 0.330 e. The molecule has 4 fully saturated rings. The zero-order valence-corrected chi connectivity index (χ0v) is 16.1. The zero-order chi connectivity index (χ0) is 17.8. The third-order valence-corrected chi connectivity index (χ3v) is 8.98. The first kappa shape index (κ1) is 17.6. The van der Waals surface area contributed by atoms with Crippen molar-refractivity contribution in [1.82, 2.24) is 0 Å². The van der Waals surface area contributed by atoms with Gasteiger partial charge in [-0.1, -0.05) is 19.4 Å². The van der Waals surface area contributed by atoms with Crippen LogP contribution in [0, 0.1) is 34.5 Å². The molecule has 0 amide bonds. The number of aliphatic hydroxyl groups is 1. The van der Waals surface area contributed by atoms with Crippen molar-refractivity contribution in [3.8, 4) is 0 Å². The Morgan fingerprint density at radius 1 is 1.12 bits per heavy atom. The number of esters is 1. The minimum absolute atomic E-state index is 0.0652. The van der Waals surface area contributed by atoms with Crippen molar-refractivity contribution in [2.75, 3.05) is 7.11 Å². The van der Waals surface area contributed by atoms with E-state index in [1.165, 1.54) is 51.2 Å². The molecule has 0 heterocycles. The van der Waals surface area contributed by atoms with Crippen LogP contribution in [0.2, 0.25) is 0 Å². The summed E-state index contributed by atoms with van der Waals surface area (Å²) in [5, 5.41) is 10.1. The minimum Gasteiger partial charge on any atom is -0.466 e. The van der Waals surface area contributed by atoms with Gasteiger partial charge >= 0.3 is 5.97 Å². The molecule has 0 unspecified atom stereocenters. The van der Waals surface area contributed by atoms with E-state index in [1.54, 1.807) is 6.08 Å². The maximum atomic E-state index is 11.8. The van der Waals surface area contributed by atoms with Gasteiger partial charge in [0.2, 0.25) is 0 Å². The molecule has 0 aromatic carbocycles. The Balaban J connectivity index is 1.60. The van der Waals surface area contributed by atoms with Crippen molar-refractivity contribution in [2.24, 2.45) is 34.5 Å². The number of methoxy groups -OCH3 is 1. The van der Waals surface area contributed by atoms with Gasteiger partial charge in [-0.15, -0.1) is 0 Å². The normalized spacial score (nSPS) is 50.7. The van der Waals surface area contributed by atoms with Crippen LogP contribution < -0.4 is 0 Å². The molecule has 0 spiro atoms. The van der Waals surface area contributed by atoms with Gasteiger partial charge in [0, 0.05) is 6.08 Å². The lowest BCUT2D eigenvalue weighted by Crippen LogP contribution is -2.53. The Morgan fingerprint density at radius 3 is 2.68 bits per heavy atom. The average molecular weight is 347 g/mol. The van der Waals surface area contributed by atoms with Gasteiger partial charge in [0.25, 0.3) is 0 Å². The highest BCUT2D eigenvalue weighted by Crippen LogP contribution is 2.67. The van der Waals surface area contributed by atoms with Crippen LogP contribution in [-0.4, -0.2) is 24.3 Å². The molecular formula is C22H34O3. The van der Waals surface area contributed by atoms with Gasteiger partial charge in [-0.05, 0) is 92.3 Å². The van der Waals surface area contributed by atoms with Crippen molar-refractivity contribution in [2.45, 2.75) is 77.7 Å². The number of hydrogen-bond acceptors (Lipinski definition) is 3. The Labute approximate surface area is 152 Å². The first-order valence-electron chi connectivity index (χ1n) is 10.4. The van der Waals surface area contributed by atoms with Gasteiger partial charge in [-0.3, -0.25) is 0 Å². The van der Waals surface area contributed by atoms with Crippen LogP contribution in [0.15, 0.2) is 11.6 Å². The van der Waals surface area contributed by atoms with Crippen LogP contribution >= 0.6 is 0 Å². The van der Waals surface area contributed by atoms with Crippen molar-refractivity contribution < 1.29 is 14.6 Å². The molecule has 0 saturated heterocycles. The standard InChI is InChI=1S/C22H34O3/c1-21-10-8-16(23)12-14(21)4-6-17-18-7-5-15(13-20(24)25-3)22(18,2)11-9-19(17)21/h13-14,16-19,23H,4-12H2,1-3H3/b15-13-/t14-,16-,17-,18-,19-,21-,22+/m0/s1. The van der Waals surface area contributed by atoms with E-state index in [0.29, 0.717) is 11.3 Å². The molecule has 4 aliphatic carbocycles. The molecular weight excluding hydrogens is 312 g/mol. The SMILES string of the molecule is COC(=O)/C=C1/CC[C@H]2[C@@H]3CC[C@H]4C[C@@H](O)CC[C@]4(C)[C@H]3CC[C@]12C. The van der Waals surface area contributed by atoms with E-state index in [1.807, 2.05) is 0 Å². The second-order valence-electron chi connectivity index (χ2n) is 9.77. The highest BCUT2D eigenvalue weighted by molar-refractivity contribution is 5.83. The third-order valence-electron chi connectivity index (χ3n) is 8.98. The third kappa shape index (κ3) is 2.60. The first-order chi connectivity index (χ1) is 11.9. The van der Waals surface area contributed by atoms with Crippen LogP contribution in [0.4, 0.5) is 0 Å². The van der Waals surface area contributed by atoms with E-state index in [4.69, 9.17) is 4.74 Å². The largest absolute Gasteiger partial charge is 0.466 e. The summed E-state index contributed by atoms with van der Waals surface area (Å²) in [6.45, 7) is 4.94. The van der Waals surface area contributed by atoms with Gasteiger partial charge in [0.05, 0.1) is 13.2 Å². The Kier molecular flexibility index (Phi) is 4.30. The Morgan fingerprint density at radius 2 is 1.92 bits per heavy atom. The second-order valence-corrected chi connectivity index (χ2v) is 9.77. The summed E-state index contributed by atoms with van der Waals surface area (Å²) in [5.41, 5.74) is 1.97. The molecule has 25 heavy (non-hydrogen) atoms. The van der Waals surface area contributed by atoms with Crippen molar-refractivity contribution in [1.29, 1.82) is 0 Å². The number of carbonyl (C=O) groups excluding carboxylic acids is 1. The summed E-state index contributed by atoms with van der Waals surface area (Å²) >= 11 is 0. The van der Waals surface area contributed by atoms with E-state index in [0.717, 1.165) is 37.0 Å². The molecule has 4 rings (SSSR count). The first-order valence-corrected chi connectivity index (χ1v) is 10.4. The monoisotopic (exact) mass is 346 g/mol. The quantitative estimate of drug-likeness (QED) is 0.562. The molecule has 4 aliphatic rings. The van der Waals surface area contributed by atoms with Gasteiger partial charge in [0.15, 0.2) is 0 Å². The highest BCUT2D eigenvalue weighted by Gasteiger charge is 2.58. The number of rotatable bonds is 1. The summed E-state index contributed by atoms with van der Waals surface area (Å²) < 4.78 is 4.90. The van der Waals surface area contributed by atoms with Crippen molar-refractivity contribution >= 4 is 5.97 Å². The predicted octanol–water partition coefficient (Wildman–Crippen LogP) is 4.49. The maximum Gasteiger partial charge on any atom is 0.330 e. The Hall–Kier alpha value is -0.830.